The van der Waals surface area contributed by atoms with Crippen molar-refractivity contribution in [2.45, 2.75) is 37.7 Å². The van der Waals surface area contributed by atoms with Crippen LogP contribution in [0, 0.1) is 5.82 Å². The monoisotopic (exact) mass is 411 g/mol. The maximum Gasteiger partial charge on any atom is 0.314 e. The Hall–Kier alpha value is -3.11. The molecule has 4 rings (SSSR count). The molecule has 1 saturated carbocycles. The van der Waals surface area contributed by atoms with Gasteiger partial charge in [0.05, 0.1) is 23.2 Å². The highest BCUT2D eigenvalue weighted by molar-refractivity contribution is 5.57. The summed E-state index contributed by atoms with van der Waals surface area (Å²) in [5.41, 5.74) is -0.499. The number of nitrogens with zero attached hydrogens (tertiary/aromatic N) is 4. The van der Waals surface area contributed by atoms with Gasteiger partial charge in [0.1, 0.15) is 5.82 Å². The van der Waals surface area contributed by atoms with Crippen LogP contribution >= 0.6 is 0 Å². The SMILES string of the molecule is Fc1ccccc1C1(Nc2ncc(-c3nnc(C(F)F)o3)c(CC(F)F)n2)CC1. The highest BCUT2D eigenvalue weighted by Crippen LogP contribution is 2.48. The minimum Gasteiger partial charge on any atom is -0.415 e. The molecule has 152 valence electrons. The fourth-order valence-corrected chi connectivity index (χ4v) is 3.04. The van der Waals surface area contributed by atoms with E-state index in [1.165, 1.54) is 6.07 Å². The van der Waals surface area contributed by atoms with Crippen LogP contribution in [0.15, 0.2) is 34.9 Å². The van der Waals surface area contributed by atoms with Crippen molar-refractivity contribution in [2.24, 2.45) is 0 Å². The van der Waals surface area contributed by atoms with Gasteiger partial charge < -0.3 is 9.73 Å². The third kappa shape index (κ3) is 3.89. The van der Waals surface area contributed by atoms with Gasteiger partial charge in [0.2, 0.25) is 12.4 Å². The zero-order valence-electron chi connectivity index (χ0n) is 14.7. The van der Waals surface area contributed by atoms with Gasteiger partial charge in [-0.1, -0.05) is 18.2 Å². The van der Waals surface area contributed by atoms with E-state index < -0.39 is 36.5 Å². The molecule has 2 aromatic heterocycles. The second-order valence-electron chi connectivity index (χ2n) is 6.58. The molecule has 1 N–H and O–H groups in total. The Labute approximate surface area is 161 Å². The molecule has 2 heterocycles. The summed E-state index contributed by atoms with van der Waals surface area (Å²) in [4.78, 5) is 8.14. The average Bonchev–Trinajstić information content (AvgIpc) is 3.26. The zero-order valence-corrected chi connectivity index (χ0v) is 14.7. The lowest BCUT2D eigenvalue weighted by Crippen LogP contribution is -2.22. The number of alkyl halides is 4. The summed E-state index contributed by atoms with van der Waals surface area (Å²) in [7, 11) is 0. The van der Waals surface area contributed by atoms with E-state index in [2.05, 4.69) is 25.5 Å². The number of benzene rings is 1. The van der Waals surface area contributed by atoms with Crippen molar-refractivity contribution in [3.05, 3.63) is 53.4 Å². The van der Waals surface area contributed by atoms with Gasteiger partial charge >= 0.3 is 6.43 Å². The van der Waals surface area contributed by atoms with Gasteiger partial charge in [0, 0.05) is 11.8 Å². The average molecular weight is 411 g/mol. The Kier molecular flexibility index (Phi) is 4.89. The second kappa shape index (κ2) is 7.37. The summed E-state index contributed by atoms with van der Waals surface area (Å²) in [5, 5.41) is 9.65. The molecular formula is C18H14F5N5O. The number of halogens is 5. The zero-order chi connectivity index (χ0) is 20.6. The maximum absolute atomic E-state index is 14.2. The highest BCUT2D eigenvalue weighted by Gasteiger charge is 2.46. The van der Waals surface area contributed by atoms with Crippen molar-refractivity contribution < 1.29 is 26.4 Å². The molecule has 0 bridgehead atoms. The number of rotatable bonds is 7. The Morgan fingerprint density at radius 3 is 2.48 bits per heavy atom. The van der Waals surface area contributed by atoms with Crippen molar-refractivity contribution in [3.8, 4) is 11.5 Å². The van der Waals surface area contributed by atoms with E-state index in [9.17, 15) is 22.0 Å². The third-order valence-corrected chi connectivity index (χ3v) is 4.56. The van der Waals surface area contributed by atoms with Crippen molar-refractivity contribution >= 4 is 5.95 Å². The van der Waals surface area contributed by atoms with Crippen LogP contribution in [0.5, 0.6) is 0 Å². The van der Waals surface area contributed by atoms with Crippen LogP contribution < -0.4 is 5.32 Å². The molecule has 1 aliphatic carbocycles. The Bertz CT molecular complexity index is 1020. The normalized spacial score (nSPS) is 15.1. The van der Waals surface area contributed by atoms with E-state index in [0.717, 1.165) is 6.20 Å². The molecule has 29 heavy (non-hydrogen) atoms. The molecule has 1 aromatic carbocycles. The molecule has 3 aromatic rings. The summed E-state index contributed by atoms with van der Waals surface area (Å²) in [5.74, 6) is -1.69. The van der Waals surface area contributed by atoms with Gasteiger partial charge in [-0.2, -0.15) is 8.78 Å². The molecule has 0 radical (unpaired) electrons. The Balaban J connectivity index is 1.66. The van der Waals surface area contributed by atoms with Crippen LogP contribution in [0.1, 0.15) is 36.4 Å². The van der Waals surface area contributed by atoms with E-state index in [1.807, 2.05) is 0 Å². The first-order valence-corrected chi connectivity index (χ1v) is 8.67. The number of hydrogen-bond donors (Lipinski definition) is 1. The smallest absolute Gasteiger partial charge is 0.314 e. The molecule has 0 atom stereocenters. The van der Waals surface area contributed by atoms with E-state index in [4.69, 9.17) is 4.42 Å². The van der Waals surface area contributed by atoms with Gasteiger partial charge in [-0.05, 0) is 18.9 Å². The first-order chi connectivity index (χ1) is 13.9. The molecular weight excluding hydrogens is 397 g/mol. The summed E-state index contributed by atoms with van der Waals surface area (Å²) < 4.78 is 70.4. The highest BCUT2D eigenvalue weighted by atomic mass is 19.3. The summed E-state index contributed by atoms with van der Waals surface area (Å²) in [6.45, 7) is 0. The number of aromatic nitrogens is 4. The van der Waals surface area contributed by atoms with Crippen LogP contribution in [0.3, 0.4) is 0 Å². The molecule has 11 heteroatoms. The largest absolute Gasteiger partial charge is 0.415 e. The number of nitrogens with one attached hydrogen (secondary N) is 1. The van der Waals surface area contributed by atoms with Gasteiger partial charge in [-0.3, -0.25) is 0 Å². The van der Waals surface area contributed by atoms with Gasteiger partial charge in [0.15, 0.2) is 0 Å². The van der Waals surface area contributed by atoms with Crippen molar-refractivity contribution in [3.63, 3.8) is 0 Å². The predicted octanol–water partition coefficient (Wildman–Crippen LogP) is 4.51. The lowest BCUT2D eigenvalue weighted by atomic mass is 10.0. The van der Waals surface area contributed by atoms with Crippen LogP contribution in [-0.2, 0) is 12.0 Å². The van der Waals surface area contributed by atoms with Gasteiger partial charge in [0.25, 0.3) is 11.8 Å². The summed E-state index contributed by atoms with van der Waals surface area (Å²) in [6.07, 6.45) is -4.14. The van der Waals surface area contributed by atoms with E-state index in [-0.39, 0.29) is 23.1 Å². The van der Waals surface area contributed by atoms with Crippen LogP contribution in [0.2, 0.25) is 0 Å². The summed E-state index contributed by atoms with van der Waals surface area (Å²) >= 11 is 0. The minimum absolute atomic E-state index is 0.0127. The van der Waals surface area contributed by atoms with Gasteiger partial charge in [-0.15, -0.1) is 10.2 Å². The molecule has 6 nitrogen and oxygen atoms in total. The molecule has 1 aliphatic rings. The Morgan fingerprint density at radius 2 is 1.86 bits per heavy atom. The fraction of sp³-hybridized carbons (Fsp3) is 0.333. The molecule has 0 unspecified atom stereocenters. The van der Waals surface area contributed by atoms with Crippen molar-refractivity contribution in [1.82, 2.24) is 20.2 Å². The molecule has 0 saturated heterocycles. The minimum atomic E-state index is -2.99. The molecule has 0 spiro atoms. The van der Waals surface area contributed by atoms with Gasteiger partial charge in [-0.25, -0.2) is 23.1 Å². The predicted molar refractivity (Wildman–Crippen MR) is 90.9 cm³/mol. The standard InChI is InChI=1S/C18H14F5N5O/c19-11-4-2-1-3-10(11)18(5-6-18)26-17-24-8-9(12(25-17)7-13(20)21)15-27-28-16(29-15)14(22)23/h1-4,8,13-14H,5-7H2,(H,24,25,26). The fourth-order valence-electron chi connectivity index (χ4n) is 3.04. The third-order valence-electron chi connectivity index (χ3n) is 4.56. The van der Waals surface area contributed by atoms with Crippen molar-refractivity contribution in [2.75, 3.05) is 5.32 Å². The van der Waals surface area contributed by atoms with E-state index in [0.29, 0.717) is 18.4 Å². The molecule has 1 fully saturated rings. The van der Waals surface area contributed by atoms with E-state index >= 15 is 0 Å². The first kappa shape index (κ1) is 19.2. The molecule has 0 amide bonds. The first-order valence-electron chi connectivity index (χ1n) is 8.67. The van der Waals surface area contributed by atoms with Crippen LogP contribution in [-0.4, -0.2) is 26.6 Å². The second-order valence-corrected chi connectivity index (χ2v) is 6.58. The van der Waals surface area contributed by atoms with Crippen LogP contribution in [0.25, 0.3) is 11.5 Å². The lowest BCUT2D eigenvalue weighted by molar-refractivity contribution is 0.116. The Morgan fingerprint density at radius 1 is 1.10 bits per heavy atom. The molecule has 0 aliphatic heterocycles. The topological polar surface area (TPSA) is 76.7 Å². The van der Waals surface area contributed by atoms with Crippen LogP contribution in [0.4, 0.5) is 27.9 Å². The van der Waals surface area contributed by atoms with E-state index in [1.54, 1.807) is 18.2 Å². The maximum atomic E-state index is 14.2. The quantitative estimate of drug-likeness (QED) is 0.577. The van der Waals surface area contributed by atoms with Crippen molar-refractivity contribution in [1.29, 1.82) is 0 Å². The number of anilines is 1. The summed E-state index contributed by atoms with van der Waals surface area (Å²) in [6, 6.07) is 6.23. The lowest BCUT2D eigenvalue weighted by Gasteiger charge is -2.19. The number of hydrogen-bond acceptors (Lipinski definition) is 6.